The number of nitrogens with one attached hydrogen (secondary N) is 2. The average Bonchev–Trinajstić information content (AvgIpc) is 3.27. The molecular formula is C28H33N5O4S. The summed E-state index contributed by atoms with van der Waals surface area (Å²) in [7, 11) is 1.57. The van der Waals surface area contributed by atoms with Gasteiger partial charge < -0.3 is 15.4 Å². The van der Waals surface area contributed by atoms with Crippen LogP contribution in [0, 0.1) is 0 Å². The van der Waals surface area contributed by atoms with Crippen molar-refractivity contribution in [3.05, 3.63) is 54.1 Å². The van der Waals surface area contributed by atoms with E-state index in [1.807, 2.05) is 31.2 Å². The van der Waals surface area contributed by atoms with Gasteiger partial charge in [-0.3, -0.25) is 19.4 Å². The van der Waals surface area contributed by atoms with Crippen LogP contribution in [0.1, 0.15) is 51.5 Å². The van der Waals surface area contributed by atoms with E-state index in [4.69, 9.17) is 14.7 Å². The number of rotatable bonds is 11. The average molecular weight is 536 g/mol. The molecule has 2 aliphatic rings. The molecule has 0 bridgehead atoms. The number of amidine groups is 2. The number of unbranched alkanes of at least 4 members (excludes halogenated alkanes) is 1. The molecule has 10 heteroatoms. The quantitative estimate of drug-likeness (QED) is 0.412. The maximum atomic E-state index is 13.5. The van der Waals surface area contributed by atoms with E-state index in [9.17, 15) is 14.4 Å². The van der Waals surface area contributed by atoms with Crippen LogP contribution in [-0.2, 0) is 14.4 Å². The lowest BCUT2D eigenvalue weighted by molar-refractivity contribution is -0.125. The predicted molar refractivity (Wildman–Crippen MR) is 151 cm³/mol. The molecule has 38 heavy (non-hydrogen) atoms. The molecule has 0 aliphatic carbocycles. The number of fused-ring (bicyclic) bond motifs is 3. The minimum atomic E-state index is -0.676. The van der Waals surface area contributed by atoms with Crippen molar-refractivity contribution in [3.63, 3.8) is 0 Å². The fraction of sp³-hybridized carbons (Fsp3) is 0.393. The largest absolute Gasteiger partial charge is 0.497 e. The van der Waals surface area contributed by atoms with E-state index >= 15 is 0 Å². The molecule has 2 heterocycles. The molecule has 2 N–H and O–H groups in total. The molecule has 0 radical (unpaired) electrons. The van der Waals surface area contributed by atoms with E-state index in [1.54, 1.807) is 31.4 Å². The predicted octanol–water partition coefficient (Wildman–Crippen LogP) is 4.50. The smallest absolute Gasteiger partial charge is 0.259 e. The first kappa shape index (κ1) is 27.4. The van der Waals surface area contributed by atoms with Crippen molar-refractivity contribution >= 4 is 51.9 Å². The Balaban J connectivity index is 1.51. The van der Waals surface area contributed by atoms with Crippen LogP contribution in [0.4, 0.5) is 11.4 Å². The molecule has 2 aromatic carbocycles. The topological polar surface area (TPSA) is 112 Å². The van der Waals surface area contributed by atoms with Crippen LogP contribution in [0.5, 0.6) is 5.75 Å². The number of anilines is 1. The van der Waals surface area contributed by atoms with Crippen LogP contribution in [0.15, 0.2) is 58.5 Å². The van der Waals surface area contributed by atoms with Crippen molar-refractivity contribution in [2.45, 2.75) is 57.2 Å². The van der Waals surface area contributed by atoms with Gasteiger partial charge >= 0.3 is 0 Å². The van der Waals surface area contributed by atoms with Crippen LogP contribution in [0.25, 0.3) is 0 Å². The highest BCUT2D eigenvalue weighted by molar-refractivity contribution is 8.15. The fourth-order valence-electron chi connectivity index (χ4n) is 4.20. The van der Waals surface area contributed by atoms with Crippen molar-refractivity contribution < 1.29 is 19.1 Å². The van der Waals surface area contributed by atoms with E-state index < -0.39 is 11.3 Å². The number of thioether (sulfide) groups is 1. The zero-order chi connectivity index (χ0) is 27.1. The van der Waals surface area contributed by atoms with Gasteiger partial charge in [0, 0.05) is 30.3 Å². The summed E-state index contributed by atoms with van der Waals surface area (Å²) in [4.78, 5) is 49.9. The summed E-state index contributed by atoms with van der Waals surface area (Å²) < 4.78 is 5.25. The molecule has 0 spiro atoms. The van der Waals surface area contributed by atoms with Gasteiger partial charge in [0.2, 0.25) is 11.8 Å². The van der Waals surface area contributed by atoms with Gasteiger partial charge in [-0.05, 0) is 43.5 Å². The molecule has 0 unspecified atom stereocenters. The number of amides is 3. The summed E-state index contributed by atoms with van der Waals surface area (Å²) in [6.45, 7) is 4.61. The van der Waals surface area contributed by atoms with Gasteiger partial charge in [-0.2, -0.15) is 0 Å². The standard InChI is InChI=1S/C28H33N5O4S/c1-4-6-16-29-24(34)15-14-22-27(36)33-25(31-22)20-12-7-8-13-21(20)32-28(33)38-23(5-2)26(35)30-18-10-9-11-19(17-18)37-3/h7-13,17,22-23H,4-6,14-16H2,1-3H3,(H,29,34)(H,30,35)/t22-,23-/m0/s1. The second-order valence-electron chi connectivity index (χ2n) is 9.03. The zero-order valence-corrected chi connectivity index (χ0v) is 22.7. The molecule has 0 aromatic heterocycles. The molecule has 200 valence electrons. The van der Waals surface area contributed by atoms with Crippen molar-refractivity contribution in [3.8, 4) is 5.75 Å². The first-order chi connectivity index (χ1) is 18.4. The van der Waals surface area contributed by atoms with Gasteiger partial charge in [0.1, 0.15) is 17.6 Å². The van der Waals surface area contributed by atoms with Crippen molar-refractivity contribution in [2.24, 2.45) is 9.98 Å². The number of aliphatic imine (C=N–C) groups is 2. The molecule has 0 saturated carbocycles. The van der Waals surface area contributed by atoms with Crippen LogP contribution in [0.2, 0.25) is 0 Å². The van der Waals surface area contributed by atoms with E-state index in [0.717, 1.165) is 18.4 Å². The fourth-order valence-corrected chi connectivity index (χ4v) is 5.22. The maximum Gasteiger partial charge on any atom is 0.259 e. The van der Waals surface area contributed by atoms with Gasteiger partial charge in [0.05, 0.1) is 18.0 Å². The molecule has 0 fully saturated rings. The molecule has 2 atom stereocenters. The number of carbonyl (C=O) groups excluding carboxylic acids is 3. The van der Waals surface area contributed by atoms with Crippen LogP contribution in [0.3, 0.4) is 0 Å². The van der Waals surface area contributed by atoms with Crippen molar-refractivity contribution in [1.29, 1.82) is 0 Å². The third kappa shape index (κ3) is 6.24. The number of hydrogen-bond acceptors (Lipinski definition) is 7. The Morgan fingerprint density at radius 1 is 1.16 bits per heavy atom. The highest BCUT2D eigenvalue weighted by Gasteiger charge is 2.42. The summed E-state index contributed by atoms with van der Waals surface area (Å²) in [5.74, 6) is 0.649. The van der Waals surface area contributed by atoms with Crippen LogP contribution in [-0.4, -0.2) is 58.6 Å². The molecule has 2 aliphatic heterocycles. The molecule has 4 rings (SSSR count). The normalized spacial score (nSPS) is 16.7. The summed E-state index contributed by atoms with van der Waals surface area (Å²) in [6.07, 6.45) is 2.97. The van der Waals surface area contributed by atoms with Gasteiger partial charge in [-0.25, -0.2) is 9.89 Å². The maximum absolute atomic E-state index is 13.5. The van der Waals surface area contributed by atoms with Gasteiger partial charge in [0.25, 0.3) is 5.91 Å². The minimum absolute atomic E-state index is 0.0831. The Kier molecular flexibility index (Phi) is 9.17. The highest BCUT2D eigenvalue weighted by atomic mass is 32.2. The van der Waals surface area contributed by atoms with E-state index in [0.29, 0.717) is 47.5 Å². The van der Waals surface area contributed by atoms with Crippen LogP contribution >= 0.6 is 11.8 Å². The first-order valence-electron chi connectivity index (χ1n) is 12.9. The molecule has 9 nitrogen and oxygen atoms in total. The van der Waals surface area contributed by atoms with Gasteiger partial charge in [-0.1, -0.05) is 50.2 Å². The van der Waals surface area contributed by atoms with E-state index in [-0.39, 0.29) is 24.1 Å². The Bertz CT molecular complexity index is 1260. The SMILES string of the molecule is CCCCNC(=O)CC[C@@H]1N=C2c3ccccc3N=C(S[C@@H](CC)C(=O)Nc3cccc(OC)c3)N2C1=O. The van der Waals surface area contributed by atoms with Gasteiger partial charge in [-0.15, -0.1) is 0 Å². The highest BCUT2D eigenvalue weighted by Crippen LogP contribution is 2.36. The summed E-state index contributed by atoms with van der Waals surface area (Å²) >= 11 is 1.24. The number of ether oxygens (including phenoxy) is 1. The Morgan fingerprint density at radius 3 is 2.74 bits per heavy atom. The van der Waals surface area contributed by atoms with Crippen molar-refractivity contribution in [1.82, 2.24) is 10.2 Å². The second kappa shape index (κ2) is 12.7. The zero-order valence-electron chi connectivity index (χ0n) is 21.9. The summed E-state index contributed by atoms with van der Waals surface area (Å²) in [6, 6.07) is 14.0. The van der Waals surface area contributed by atoms with E-state index in [1.165, 1.54) is 16.7 Å². The lowest BCUT2D eigenvalue weighted by atomic mass is 10.1. The third-order valence-electron chi connectivity index (χ3n) is 6.29. The van der Waals surface area contributed by atoms with Crippen LogP contribution < -0.4 is 15.4 Å². The lowest BCUT2D eigenvalue weighted by Gasteiger charge is -2.27. The number of benzene rings is 2. The van der Waals surface area contributed by atoms with E-state index in [2.05, 4.69) is 17.6 Å². The number of carbonyl (C=O) groups is 3. The molecule has 2 aromatic rings. The first-order valence-corrected chi connectivity index (χ1v) is 13.8. The number of para-hydroxylation sites is 1. The number of methoxy groups -OCH3 is 1. The number of hydrogen-bond donors (Lipinski definition) is 2. The summed E-state index contributed by atoms with van der Waals surface area (Å²) in [5.41, 5.74) is 2.08. The third-order valence-corrected chi connectivity index (χ3v) is 7.61. The number of nitrogens with zero attached hydrogens (tertiary/aromatic N) is 3. The van der Waals surface area contributed by atoms with Crippen molar-refractivity contribution in [2.75, 3.05) is 19.0 Å². The van der Waals surface area contributed by atoms with Gasteiger partial charge in [0.15, 0.2) is 5.17 Å². The molecule has 0 saturated heterocycles. The Labute approximate surface area is 227 Å². The molecular weight excluding hydrogens is 502 g/mol. The Hall–Kier alpha value is -3.66. The summed E-state index contributed by atoms with van der Waals surface area (Å²) in [5, 5.41) is 5.74. The minimum Gasteiger partial charge on any atom is -0.497 e. The lowest BCUT2D eigenvalue weighted by Crippen LogP contribution is -2.42. The Morgan fingerprint density at radius 2 is 1.97 bits per heavy atom. The second-order valence-corrected chi connectivity index (χ2v) is 10.2. The molecule has 3 amide bonds. The monoisotopic (exact) mass is 535 g/mol.